The number of rotatable bonds is 6. The predicted octanol–water partition coefficient (Wildman–Crippen LogP) is 1.04. The topological polar surface area (TPSA) is 60.6 Å². The molecule has 0 saturated heterocycles. The summed E-state index contributed by atoms with van der Waals surface area (Å²) in [5.41, 5.74) is 1.05. The summed E-state index contributed by atoms with van der Waals surface area (Å²) in [6, 6.07) is 0.471. The lowest BCUT2D eigenvalue weighted by atomic mass is 10.3. The van der Waals surface area contributed by atoms with Gasteiger partial charge in [0, 0.05) is 25.3 Å². The average Bonchev–Trinajstić information content (AvgIpc) is 2.96. The molecule has 2 aromatic rings. The normalized spacial score (nSPS) is 11.3. The lowest BCUT2D eigenvalue weighted by molar-refractivity contribution is 0.580. The summed E-state index contributed by atoms with van der Waals surface area (Å²) in [5, 5.41) is 7.50. The second-order valence-electron chi connectivity index (χ2n) is 4.56. The molecule has 0 fully saturated rings. The molecule has 0 radical (unpaired) electrons. The van der Waals surface area contributed by atoms with E-state index in [1.54, 1.807) is 6.33 Å². The third kappa shape index (κ3) is 3.16. The van der Waals surface area contributed by atoms with E-state index >= 15 is 0 Å². The summed E-state index contributed by atoms with van der Waals surface area (Å²) in [7, 11) is 0. The number of hydrogen-bond donors (Lipinski definition) is 1. The first-order valence-corrected chi connectivity index (χ1v) is 6.29. The second kappa shape index (κ2) is 5.77. The van der Waals surface area contributed by atoms with E-state index in [9.17, 15) is 0 Å². The van der Waals surface area contributed by atoms with Crippen LogP contribution < -0.4 is 5.32 Å². The van der Waals surface area contributed by atoms with Gasteiger partial charge in [-0.15, -0.1) is 0 Å². The Morgan fingerprint density at radius 3 is 2.89 bits per heavy atom. The molecule has 0 atom stereocenters. The van der Waals surface area contributed by atoms with Crippen molar-refractivity contribution < 1.29 is 0 Å². The first-order valence-electron chi connectivity index (χ1n) is 6.29. The molecule has 2 aromatic heterocycles. The Morgan fingerprint density at radius 1 is 1.33 bits per heavy atom. The van der Waals surface area contributed by atoms with Crippen LogP contribution in [0.3, 0.4) is 0 Å². The third-order valence-corrected chi connectivity index (χ3v) is 2.70. The molecule has 18 heavy (non-hydrogen) atoms. The number of imidazole rings is 1. The minimum absolute atomic E-state index is 0.471. The van der Waals surface area contributed by atoms with Crippen LogP contribution in [-0.4, -0.2) is 30.4 Å². The summed E-state index contributed by atoms with van der Waals surface area (Å²) in [6.07, 6.45) is 5.48. The van der Waals surface area contributed by atoms with Crippen molar-refractivity contribution in [2.75, 3.05) is 0 Å². The van der Waals surface area contributed by atoms with Gasteiger partial charge in [-0.25, -0.2) is 14.6 Å². The lowest BCUT2D eigenvalue weighted by Gasteiger charge is -2.05. The second-order valence-corrected chi connectivity index (χ2v) is 4.56. The molecule has 98 valence electrons. The predicted molar refractivity (Wildman–Crippen MR) is 69.0 cm³/mol. The van der Waals surface area contributed by atoms with Gasteiger partial charge in [0.1, 0.15) is 12.2 Å². The number of aryl methyl sites for hydroxylation is 1. The van der Waals surface area contributed by atoms with Crippen LogP contribution in [0, 0.1) is 0 Å². The molecule has 0 saturated carbocycles. The Morgan fingerprint density at radius 2 is 2.17 bits per heavy atom. The lowest BCUT2D eigenvalue weighted by Crippen LogP contribution is -2.21. The number of nitrogens with one attached hydrogen (secondary N) is 1. The molecule has 0 aliphatic heterocycles. The van der Waals surface area contributed by atoms with Crippen molar-refractivity contribution in [3.8, 4) is 0 Å². The average molecular weight is 248 g/mol. The van der Waals surface area contributed by atoms with E-state index in [0.29, 0.717) is 12.6 Å². The van der Waals surface area contributed by atoms with Crippen LogP contribution in [0.1, 0.15) is 32.3 Å². The van der Waals surface area contributed by atoms with Crippen molar-refractivity contribution in [3.05, 3.63) is 30.4 Å². The molecule has 0 aliphatic carbocycles. The van der Waals surface area contributed by atoms with E-state index < -0.39 is 0 Å². The van der Waals surface area contributed by atoms with Gasteiger partial charge in [0.05, 0.1) is 18.6 Å². The minimum Gasteiger partial charge on any atom is -0.330 e. The molecular formula is C12H20N6. The Labute approximate surface area is 107 Å². The fraction of sp³-hybridized carbons (Fsp3) is 0.583. The van der Waals surface area contributed by atoms with Crippen molar-refractivity contribution in [1.29, 1.82) is 0 Å². The molecule has 2 heterocycles. The standard InChI is InChI=1S/C12H20N6/c1-4-18-12(14-8-16-18)7-17-6-11(15-9-17)5-13-10(2)3/h6,8-10,13H,4-5,7H2,1-3H3. The molecular weight excluding hydrogens is 228 g/mol. The largest absolute Gasteiger partial charge is 0.330 e. The van der Waals surface area contributed by atoms with E-state index in [1.165, 1.54) is 0 Å². The van der Waals surface area contributed by atoms with Crippen LogP contribution in [0.4, 0.5) is 0 Å². The SMILES string of the molecule is CCn1ncnc1Cn1cnc(CNC(C)C)c1. The number of hydrogen-bond acceptors (Lipinski definition) is 4. The molecule has 0 aromatic carbocycles. The highest BCUT2D eigenvalue weighted by Gasteiger charge is 2.05. The van der Waals surface area contributed by atoms with Gasteiger partial charge in [-0.05, 0) is 6.92 Å². The van der Waals surface area contributed by atoms with Gasteiger partial charge in [-0.3, -0.25) is 0 Å². The quantitative estimate of drug-likeness (QED) is 0.830. The third-order valence-electron chi connectivity index (χ3n) is 2.70. The summed E-state index contributed by atoms with van der Waals surface area (Å²) in [6.45, 7) is 8.66. The first-order chi connectivity index (χ1) is 8.69. The smallest absolute Gasteiger partial charge is 0.146 e. The molecule has 0 spiro atoms. The monoisotopic (exact) mass is 248 g/mol. The van der Waals surface area contributed by atoms with Gasteiger partial charge in [0.2, 0.25) is 0 Å². The van der Waals surface area contributed by atoms with Crippen molar-refractivity contribution in [3.63, 3.8) is 0 Å². The molecule has 2 rings (SSSR count). The van der Waals surface area contributed by atoms with Crippen LogP contribution in [0.2, 0.25) is 0 Å². The maximum Gasteiger partial charge on any atom is 0.146 e. The highest BCUT2D eigenvalue weighted by molar-refractivity contribution is 4.99. The van der Waals surface area contributed by atoms with Crippen LogP contribution in [0.5, 0.6) is 0 Å². The molecule has 6 nitrogen and oxygen atoms in total. The number of aromatic nitrogens is 5. The summed E-state index contributed by atoms with van der Waals surface area (Å²) in [4.78, 5) is 8.62. The van der Waals surface area contributed by atoms with E-state index in [0.717, 1.165) is 24.6 Å². The van der Waals surface area contributed by atoms with Gasteiger partial charge in [0.25, 0.3) is 0 Å². The van der Waals surface area contributed by atoms with Crippen LogP contribution in [-0.2, 0) is 19.6 Å². The summed E-state index contributed by atoms with van der Waals surface area (Å²) < 4.78 is 3.93. The number of nitrogens with zero attached hydrogens (tertiary/aromatic N) is 5. The van der Waals surface area contributed by atoms with Crippen molar-refractivity contribution in [2.45, 2.75) is 46.4 Å². The van der Waals surface area contributed by atoms with Crippen LogP contribution in [0.15, 0.2) is 18.9 Å². The van der Waals surface area contributed by atoms with E-state index in [-0.39, 0.29) is 0 Å². The zero-order valence-corrected chi connectivity index (χ0v) is 11.2. The fourth-order valence-corrected chi connectivity index (χ4v) is 1.73. The fourth-order valence-electron chi connectivity index (χ4n) is 1.73. The van der Waals surface area contributed by atoms with Gasteiger partial charge in [0.15, 0.2) is 0 Å². The van der Waals surface area contributed by atoms with Gasteiger partial charge in [-0.2, -0.15) is 5.10 Å². The Kier molecular flexibility index (Phi) is 4.09. The Bertz CT molecular complexity index is 484. The van der Waals surface area contributed by atoms with Crippen molar-refractivity contribution >= 4 is 0 Å². The summed E-state index contributed by atoms with van der Waals surface area (Å²) in [5.74, 6) is 0.957. The molecule has 0 amide bonds. The maximum atomic E-state index is 4.37. The van der Waals surface area contributed by atoms with Crippen molar-refractivity contribution in [2.24, 2.45) is 0 Å². The van der Waals surface area contributed by atoms with Crippen LogP contribution >= 0.6 is 0 Å². The first kappa shape index (κ1) is 12.8. The van der Waals surface area contributed by atoms with E-state index in [2.05, 4.69) is 41.2 Å². The molecule has 0 aliphatic rings. The minimum atomic E-state index is 0.471. The van der Waals surface area contributed by atoms with Gasteiger partial charge < -0.3 is 9.88 Å². The highest BCUT2D eigenvalue weighted by atomic mass is 15.3. The zero-order chi connectivity index (χ0) is 13.0. The molecule has 6 heteroatoms. The molecule has 0 unspecified atom stereocenters. The molecule has 0 bridgehead atoms. The Balaban J connectivity index is 1.98. The zero-order valence-electron chi connectivity index (χ0n) is 11.2. The summed E-state index contributed by atoms with van der Waals surface area (Å²) >= 11 is 0. The van der Waals surface area contributed by atoms with Crippen molar-refractivity contribution in [1.82, 2.24) is 29.6 Å². The van der Waals surface area contributed by atoms with Crippen LogP contribution in [0.25, 0.3) is 0 Å². The maximum absolute atomic E-state index is 4.37. The molecule has 1 N–H and O–H groups in total. The van der Waals surface area contributed by atoms with E-state index in [1.807, 2.05) is 21.8 Å². The Hall–Kier alpha value is -1.69. The van der Waals surface area contributed by atoms with E-state index in [4.69, 9.17) is 0 Å². The van der Waals surface area contributed by atoms with Gasteiger partial charge >= 0.3 is 0 Å². The van der Waals surface area contributed by atoms with Gasteiger partial charge in [-0.1, -0.05) is 13.8 Å². The highest BCUT2D eigenvalue weighted by Crippen LogP contribution is 2.02.